The molecule has 0 amide bonds. The molecule has 0 unspecified atom stereocenters. The molecule has 0 bridgehead atoms. The third kappa shape index (κ3) is 5.04. The van der Waals surface area contributed by atoms with Gasteiger partial charge >= 0.3 is 23.6 Å². The number of hydrogen-bond acceptors (Lipinski definition) is 9. The van der Waals surface area contributed by atoms with Crippen molar-refractivity contribution in [3.8, 4) is 0 Å². The van der Waals surface area contributed by atoms with Crippen LogP contribution in [0.3, 0.4) is 0 Å². The molecule has 148 valence electrons. The largest absolute Gasteiger partial charge is 0.463 e. The molecule has 1 aromatic heterocycles. The van der Waals surface area contributed by atoms with Crippen LogP contribution in [0.4, 0.5) is 0 Å². The number of aromatic nitrogens is 2. The second kappa shape index (κ2) is 8.48. The van der Waals surface area contributed by atoms with E-state index in [4.69, 9.17) is 18.9 Å². The van der Waals surface area contributed by atoms with Crippen molar-refractivity contribution < 1.29 is 33.3 Å². The van der Waals surface area contributed by atoms with Gasteiger partial charge in [0.25, 0.3) is 5.56 Å². The average Bonchev–Trinajstić information content (AvgIpc) is 2.85. The van der Waals surface area contributed by atoms with E-state index in [1.165, 1.54) is 6.92 Å². The number of H-pyrrole nitrogens is 1. The van der Waals surface area contributed by atoms with Crippen LogP contribution in [0.1, 0.15) is 27.0 Å². The first-order valence-corrected chi connectivity index (χ1v) is 8.53. The number of hydrogen-bond donors (Lipinski definition) is 1. The molecule has 0 spiro atoms. The molecule has 0 aliphatic carbocycles. The third-order valence-electron chi connectivity index (χ3n) is 3.54. The maximum Gasteiger partial charge on any atom is 0.330 e. The number of aromatic amines is 1. The van der Waals surface area contributed by atoms with Crippen molar-refractivity contribution in [2.24, 2.45) is 0 Å². The SMILES string of the molecule is CC(=O)OC[C@@H]1O[C@H](n2cc(Br)c(=O)[nH]c2=O)[C@H](OC(C)=O)[C@H]1OC(C)=O. The number of rotatable bonds is 5. The van der Waals surface area contributed by atoms with Gasteiger partial charge in [-0.1, -0.05) is 0 Å². The molecule has 1 saturated heterocycles. The molecule has 2 heterocycles. The van der Waals surface area contributed by atoms with Gasteiger partial charge in [-0.05, 0) is 15.9 Å². The highest BCUT2D eigenvalue weighted by atomic mass is 79.9. The molecular formula is C15H17BrN2O9. The van der Waals surface area contributed by atoms with Gasteiger partial charge < -0.3 is 18.9 Å². The van der Waals surface area contributed by atoms with E-state index in [-0.39, 0.29) is 11.1 Å². The van der Waals surface area contributed by atoms with E-state index < -0.39 is 53.7 Å². The summed E-state index contributed by atoms with van der Waals surface area (Å²) >= 11 is 3.00. The van der Waals surface area contributed by atoms with Crippen LogP contribution >= 0.6 is 15.9 Å². The summed E-state index contributed by atoms with van der Waals surface area (Å²) in [6.45, 7) is 3.15. The smallest absolute Gasteiger partial charge is 0.330 e. The maximum absolute atomic E-state index is 12.2. The predicted octanol–water partition coefficient (Wildman–Crippen LogP) is -0.377. The molecule has 4 atom stereocenters. The Kier molecular flexibility index (Phi) is 6.54. The van der Waals surface area contributed by atoms with Gasteiger partial charge in [0.2, 0.25) is 0 Å². The number of nitrogens with one attached hydrogen (secondary N) is 1. The van der Waals surface area contributed by atoms with Crippen LogP contribution in [-0.2, 0) is 33.3 Å². The van der Waals surface area contributed by atoms with E-state index in [0.29, 0.717) is 0 Å². The van der Waals surface area contributed by atoms with Crippen LogP contribution in [0.15, 0.2) is 20.3 Å². The Balaban J connectivity index is 2.47. The average molecular weight is 449 g/mol. The lowest BCUT2D eigenvalue weighted by Crippen LogP contribution is -2.42. The van der Waals surface area contributed by atoms with Crippen LogP contribution in [-0.4, -0.2) is 52.4 Å². The Hall–Kier alpha value is -2.47. The van der Waals surface area contributed by atoms with Crippen LogP contribution < -0.4 is 11.2 Å². The second-order valence-corrected chi connectivity index (χ2v) is 6.51. The summed E-state index contributed by atoms with van der Waals surface area (Å²) in [5.41, 5.74) is -1.49. The summed E-state index contributed by atoms with van der Waals surface area (Å²) in [6.07, 6.45) is -3.46. The summed E-state index contributed by atoms with van der Waals surface area (Å²) in [6, 6.07) is 0. The number of carbonyl (C=O) groups is 3. The molecule has 1 aromatic rings. The van der Waals surface area contributed by atoms with E-state index >= 15 is 0 Å². The Labute approximate surface area is 160 Å². The van der Waals surface area contributed by atoms with E-state index in [2.05, 4.69) is 20.9 Å². The maximum atomic E-state index is 12.2. The fourth-order valence-corrected chi connectivity index (χ4v) is 2.89. The molecule has 27 heavy (non-hydrogen) atoms. The van der Waals surface area contributed by atoms with Gasteiger partial charge in [-0.2, -0.15) is 0 Å². The number of nitrogens with zero attached hydrogens (tertiary/aromatic N) is 1. The topological polar surface area (TPSA) is 143 Å². The zero-order valence-electron chi connectivity index (χ0n) is 14.6. The third-order valence-corrected chi connectivity index (χ3v) is 4.10. The monoisotopic (exact) mass is 448 g/mol. The molecule has 12 heteroatoms. The molecule has 0 saturated carbocycles. The quantitative estimate of drug-likeness (QED) is 0.470. The fraction of sp³-hybridized carbons (Fsp3) is 0.533. The second-order valence-electron chi connectivity index (χ2n) is 5.66. The van der Waals surface area contributed by atoms with Crippen molar-refractivity contribution in [1.82, 2.24) is 9.55 Å². The first-order valence-electron chi connectivity index (χ1n) is 7.74. The summed E-state index contributed by atoms with van der Waals surface area (Å²) in [7, 11) is 0. The highest BCUT2D eigenvalue weighted by molar-refractivity contribution is 9.10. The standard InChI is InChI=1S/C15H17BrN2O9/c1-6(19)24-5-10-11(25-7(2)20)12(26-8(3)21)14(27-10)18-4-9(16)13(22)17-15(18)23/h4,10-12,14H,5H2,1-3H3,(H,17,22,23)/t10-,11-,12+,14-/m0/s1. The minimum Gasteiger partial charge on any atom is -0.463 e. The summed E-state index contributed by atoms with van der Waals surface area (Å²) in [5.74, 6) is -2.00. The normalized spacial score (nSPS) is 24.3. The first-order chi connectivity index (χ1) is 12.6. The lowest BCUT2D eigenvalue weighted by atomic mass is 10.1. The number of halogens is 1. The van der Waals surface area contributed by atoms with Gasteiger partial charge in [0.1, 0.15) is 12.7 Å². The van der Waals surface area contributed by atoms with Crippen LogP contribution in [0.5, 0.6) is 0 Å². The molecular weight excluding hydrogens is 432 g/mol. The number of esters is 3. The highest BCUT2D eigenvalue weighted by Gasteiger charge is 2.51. The minimum absolute atomic E-state index is 0.0275. The molecule has 1 aliphatic heterocycles. The molecule has 2 rings (SSSR count). The number of ether oxygens (including phenoxy) is 4. The highest BCUT2D eigenvalue weighted by Crippen LogP contribution is 2.33. The van der Waals surface area contributed by atoms with Crippen molar-refractivity contribution in [2.75, 3.05) is 6.61 Å². The van der Waals surface area contributed by atoms with E-state index in [9.17, 15) is 24.0 Å². The van der Waals surface area contributed by atoms with Crippen molar-refractivity contribution in [1.29, 1.82) is 0 Å². The van der Waals surface area contributed by atoms with Gasteiger partial charge in [0, 0.05) is 27.0 Å². The molecule has 0 aromatic carbocycles. The van der Waals surface area contributed by atoms with Gasteiger partial charge in [-0.3, -0.25) is 28.7 Å². The Morgan fingerprint density at radius 2 is 1.70 bits per heavy atom. The minimum atomic E-state index is -1.24. The molecule has 1 aliphatic rings. The van der Waals surface area contributed by atoms with E-state index in [1.807, 2.05) is 0 Å². The lowest BCUT2D eigenvalue weighted by Gasteiger charge is -2.23. The van der Waals surface area contributed by atoms with Crippen molar-refractivity contribution in [3.63, 3.8) is 0 Å². The van der Waals surface area contributed by atoms with Crippen molar-refractivity contribution in [2.45, 2.75) is 45.3 Å². The predicted molar refractivity (Wildman–Crippen MR) is 90.7 cm³/mol. The first kappa shape index (κ1) is 20.8. The lowest BCUT2D eigenvalue weighted by molar-refractivity contribution is -0.166. The van der Waals surface area contributed by atoms with Crippen LogP contribution in [0.25, 0.3) is 0 Å². The van der Waals surface area contributed by atoms with Crippen LogP contribution in [0.2, 0.25) is 0 Å². The van der Waals surface area contributed by atoms with E-state index in [0.717, 1.165) is 24.6 Å². The molecule has 0 radical (unpaired) electrons. The number of carbonyl (C=O) groups excluding carboxylic acids is 3. The zero-order chi connectivity index (χ0) is 20.3. The van der Waals surface area contributed by atoms with E-state index in [1.54, 1.807) is 0 Å². The molecule has 1 N–H and O–H groups in total. The van der Waals surface area contributed by atoms with Crippen molar-refractivity contribution >= 4 is 33.8 Å². The Morgan fingerprint density at radius 3 is 2.26 bits per heavy atom. The summed E-state index contributed by atoms with van der Waals surface area (Å²) < 4.78 is 22.0. The zero-order valence-corrected chi connectivity index (χ0v) is 16.2. The van der Waals surface area contributed by atoms with Crippen molar-refractivity contribution in [3.05, 3.63) is 31.5 Å². The Morgan fingerprint density at radius 1 is 1.11 bits per heavy atom. The van der Waals surface area contributed by atoms with Gasteiger partial charge in [0.05, 0.1) is 4.47 Å². The van der Waals surface area contributed by atoms with Gasteiger partial charge in [-0.15, -0.1) is 0 Å². The summed E-state index contributed by atoms with van der Waals surface area (Å²) in [4.78, 5) is 59.9. The Bertz CT molecular complexity index is 862. The van der Waals surface area contributed by atoms with Gasteiger partial charge in [-0.25, -0.2) is 4.79 Å². The fourth-order valence-electron chi connectivity index (χ4n) is 2.57. The van der Waals surface area contributed by atoms with Crippen LogP contribution in [0, 0.1) is 0 Å². The molecule has 11 nitrogen and oxygen atoms in total. The van der Waals surface area contributed by atoms with Gasteiger partial charge in [0.15, 0.2) is 18.4 Å². The summed E-state index contributed by atoms with van der Waals surface area (Å²) in [5, 5.41) is 0. The molecule has 1 fully saturated rings.